The van der Waals surface area contributed by atoms with Crippen LogP contribution in [0.5, 0.6) is 0 Å². The Labute approximate surface area is 134 Å². The van der Waals surface area contributed by atoms with Gasteiger partial charge in [0.25, 0.3) is 0 Å². The smallest absolute Gasteiger partial charge is 0.0931 e. The number of hydrogen-bond acceptors (Lipinski definition) is 4. The van der Waals surface area contributed by atoms with Crippen LogP contribution < -0.4 is 5.32 Å². The molecule has 2 aromatic rings. The summed E-state index contributed by atoms with van der Waals surface area (Å²) in [6.07, 6.45) is 0. The van der Waals surface area contributed by atoms with Gasteiger partial charge < -0.3 is 10.2 Å². The summed E-state index contributed by atoms with van der Waals surface area (Å²) in [4.78, 5) is 5.07. The lowest BCUT2D eigenvalue weighted by molar-refractivity contribution is 0.300. The van der Waals surface area contributed by atoms with Crippen LogP contribution in [0.2, 0.25) is 4.34 Å². The minimum atomic E-state index is 0.267. The van der Waals surface area contributed by atoms with Crippen molar-refractivity contribution in [2.75, 3.05) is 26.2 Å². The molecule has 2 heterocycles. The van der Waals surface area contributed by atoms with Crippen molar-refractivity contribution in [2.45, 2.75) is 19.9 Å². The van der Waals surface area contributed by atoms with E-state index in [2.05, 4.69) is 47.6 Å². The molecule has 110 valence electrons. The molecule has 0 aliphatic rings. The van der Waals surface area contributed by atoms with Crippen LogP contribution in [0.25, 0.3) is 0 Å². The molecule has 1 atom stereocenters. The standard InChI is InChI=1S/C15H21ClN2S2/c1-3-18(4-2)10-9-17-15(12-6-5-11-19-12)13-7-8-14(16)20-13/h5-8,11,15,17H,3-4,9-10H2,1-2H3. The van der Waals surface area contributed by atoms with Crippen LogP contribution in [0.1, 0.15) is 29.6 Å². The van der Waals surface area contributed by atoms with Crippen LogP contribution in [0, 0.1) is 0 Å². The molecule has 2 nitrogen and oxygen atoms in total. The fourth-order valence-electron chi connectivity index (χ4n) is 2.19. The van der Waals surface area contributed by atoms with Crippen LogP contribution in [0.4, 0.5) is 0 Å². The van der Waals surface area contributed by atoms with Gasteiger partial charge in [0.15, 0.2) is 0 Å². The van der Waals surface area contributed by atoms with Crippen LogP contribution in [-0.4, -0.2) is 31.1 Å². The van der Waals surface area contributed by atoms with Crippen LogP contribution >= 0.6 is 34.3 Å². The van der Waals surface area contributed by atoms with Gasteiger partial charge in [-0.3, -0.25) is 0 Å². The second-order valence-corrected chi connectivity index (χ2v) is 7.30. The summed E-state index contributed by atoms with van der Waals surface area (Å²) in [5.41, 5.74) is 0. The van der Waals surface area contributed by atoms with Gasteiger partial charge in [-0.15, -0.1) is 22.7 Å². The number of nitrogens with zero attached hydrogens (tertiary/aromatic N) is 1. The maximum atomic E-state index is 6.08. The normalized spacial score (nSPS) is 13.0. The van der Waals surface area contributed by atoms with Gasteiger partial charge in [0, 0.05) is 22.8 Å². The number of hydrogen-bond donors (Lipinski definition) is 1. The Bertz CT molecular complexity index is 492. The number of rotatable bonds is 8. The molecule has 0 saturated heterocycles. The predicted molar refractivity (Wildman–Crippen MR) is 91.3 cm³/mol. The summed E-state index contributed by atoms with van der Waals surface area (Å²) in [5, 5.41) is 5.80. The molecule has 0 spiro atoms. The zero-order valence-electron chi connectivity index (χ0n) is 11.9. The first-order valence-corrected chi connectivity index (χ1v) is 9.06. The van der Waals surface area contributed by atoms with Crippen molar-refractivity contribution < 1.29 is 0 Å². The number of likely N-dealkylation sites (N-methyl/N-ethyl adjacent to an activating group) is 1. The zero-order valence-corrected chi connectivity index (χ0v) is 14.3. The Morgan fingerprint density at radius 3 is 2.55 bits per heavy atom. The average molecular weight is 329 g/mol. The summed E-state index contributed by atoms with van der Waals surface area (Å²) in [5.74, 6) is 0. The quantitative estimate of drug-likeness (QED) is 0.768. The Hall–Kier alpha value is -0.390. The molecule has 2 aromatic heterocycles. The molecule has 0 fully saturated rings. The third-order valence-corrected chi connectivity index (χ3v) is 5.61. The highest BCUT2D eigenvalue weighted by Gasteiger charge is 2.16. The minimum absolute atomic E-state index is 0.267. The van der Waals surface area contributed by atoms with Gasteiger partial charge in [0.2, 0.25) is 0 Å². The van der Waals surface area contributed by atoms with Crippen LogP contribution in [0.3, 0.4) is 0 Å². The maximum absolute atomic E-state index is 6.08. The molecule has 0 aromatic carbocycles. The number of thiophene rings is 2. The third-order valence-electron chi connectivity index (χ3n) is 3.38. The molecule has 0 bridgehead atoms. The molecule has 0 aliphatic carbocycles. The molecule has 5 heteroatoms. The lowest BCUT2D eigenvalue weighted by Gasteiger charge is -2.21. The van der Waals surface area contributed by atoms with Gasteiger partial charge in [-0.25, -0.2) is 0 Å². The van der Waals surface area contributed by atoms with Crippen molar-refractivity contribution >= 4 is 34.3 Å². The molecule has 0 amide bonds. The van der Waals surface area contributed by atoms with Gasteiger partial charge >= 0.3 is 0 Å². The molecule has 2 rings (SSSR count). The first kappa shape index (κ1) is 16.0. The van der Waals surface area contributed by atoms with Crippen molar-refractivity contribution in [3.8, 4) is 0 Å². The predicted octanol–water partition coefficient (Wildman–Crippen LogP) is 4.48. The second kappa shape index (κ2) is 8.15. The monoisotopic (exact) mass is 328 g/mol. The summed E-state index contributed by atoms with van der Waals surface area (Å²) >= 11 is 9.53. The van der Waals surface area contributed by atoms with Crippen molar-refractivity contribution in [3.63, 3.8) is 0 Å². The average Bonchev–Trinajstić information content (AvgIpc) is 3.11. The van der Waals surface area contributed by atoms with Crippen LogP contribution in [0.15, 0.2) is 29.6 Å². The van der Waals surface area contributed by atoms with Gasteiger partial charge in [0.05, 0.1) is 10.4 Å². The first-order valence-electron chi connectivity index (χ1n) is 6.99. The molecule has 0 aliphatic heterocycles. The first-order chi connectivity index (χ1) is 9.74. The molecule has 1 unspecified atom stereocenters. The van der Waals surface area contributed by atoms with E-state index in [9.17, 15) is 0 Å². The fourth-order valence-corrected chi connectivity index (χ4v) is 4.24. The second-order valence-electron chi connectivity index (χ2n) is 4.57. The van der Waals surface area contributed by atoms with E-state index in [0.29, 0.717) is 0 Å². The fraction of sp³-hybridized carbons (Fsp3) is 0.467. The summed E-state index contributed by atoms with van der Waals surface area (Å²) in [6.45, 7) is 8.69. The lowest BCUT2D eigenvalue weighted by Crippen LogP contribution is -2.33. The van der Waals surface area contributed by atoms with E-state index in [-0.39, 0.29) is 6.04 Å². The Balaban J connectivity index is 2.01. The summed E-state index contributed by atoms with van der Waals surface area (Å²) < 4.78 is 0.854. The van der Waals surface area contributed by atoms with E-state index < -0.39 is 0 Å². The van der Waals surface area contributed by atoms with Gasteiger partial charge in [0.1, 0.15) is 0 Å². The maximum Gasteiger partial charge on any atom is 0.0931 e. The van der Waals surface area contributed by atoms with E-state index in [1.807, 2.05) is 6.07 Å². The Kier molecular flexibility index (Phi) is 6.52. The van der Waals surface area contributed by atoms with E-state index in [1.54, 1.807) is 22.7 Å². The van der Waals surface area contributed by atoms with Crippen molar-refractivity contribution in [2.24, 2.45) is 0 Å². The number of halogens is 1. The highest BCUT2D eigenvalue weighted by molar-refractivity contribution is 7.16. The van der Waals surface area contributed by atoms with Crippen LogP contribution in [-0.2, 0) is 0 Å². The summed E-state index contributed by atoms with van der Waals surface area (Å²) in [7, 11) is 0. The van der Waals surface area contributed by atoms with Gasteiger partial charge in [-0.2, -0.15) is 0 Å². The molecular formula is C15H21ClN2S2. The lowest BCUT2D eigenvalue weighted by atomic mass is 10.2. The van der Waals surface area contributed by atoms with E-state index in [4.69, 9.17) is 11.6 Å². The molecular weight excluding hydrogens is 308 g/mol. The van der Waals surface area contributed by atoms with E-state index in [0.717, 1.165) is 30.5 Å². The minimum Gasteiger partial charge on any atom is -0.304 e. The van der Waals surface area contributed by atoms with Crippen molar-refractivity contribution in [3.05, 3.63) is 43.7 Å². The van der Waals surface area contributed by atoms with E-state index >= 15 is 0 Å². The Morgan fingerprint density at radius 2 is 2.00 bits per heavy atom. The van der Waals surface area contributed by atoms with Crippen molar-refractivity contribution in [1.82, 2.24) is 10.2 Å². The van der Waals surface area contributed by atoms with Gasteiger partial charge in [-0.05, 0) is 36.7 Å². The molecule has 1 N–H and O–H groups in total. The largest absolute Gasteiger partial charge is 0.304 e. The van der Waals surface area contributed by atoms with Gasteiger partial charge in [-0.1, -0.05) is 31.5 Å². The Morgan fingerprint density at radius 1 is 1.20 bits per heavy atom. The number of nitrogens with one attached hydrogen (secondary N) is 1. The third kappa shape index (κ3) is 4.30. The highest BCUT2D eigenvalue weighted by Crippen LogP contribution is 2.32. The SMILES string of the molecule is CCN(CC)CCNC(c1cccs1)c1ccc(Cl)s1. The summed E-state index contributed by atoms with van der Waals surface area (Å²) in [6, 6.07) is 8.67. The zero-order chi connectivity index (χ0) is 14.4. The van der Waals surface area contributed by atoms with Crippen molar-refractivity contribution in [1.29, 1.82) is 0 Å². The topological polar surface area (TPSA) is 15.3 Å². The molecule has 0 radical (unpaired) electrons. The van der Waals surface area contributed by atoms with E-state index in [1.165, 1.54) is 9.75 Å². The molecule has 0 saturated carbocycles. The molecule has 20 heavy (non-hydrogen) atoms. The highest BCUT2D eigenvalue weighted by atomic mass is 35.5.